The van der Waals surface area contributed by atoms with Gasteiger partial charge in [0, 0.05) is 6.04 Å². The minimum atomic E-state index is -1.53. The van der Waals surface area contributed by atoms with Crippen LogP contribution in [0.2, 0.25) is 5.02 Å². The molecule has 2 aromatic carbocycles. The molecule has 0 fully saturated rings. The molecule has 0 saturated carbocycles. The fraction of sp³-hybridized carbons (Fsp3) is 0.308. The molecule has 2 unspecified atom stereocenters. The molecule has 0 aliphatic carbocycles. The number of carbonyl (C=O) groups excluding carboxylic acids is 4. The highest BCUT2D eigenvalue weighted by Gasteiger charge is 2.37. The zero-order valence-corrected chi connectivity index (χ0v) is 21.6. The number of nitrogens with two attached hydrogens (primary N) is 1. The number of hydrogen-bond acceptors (Lipinski definition) is 6. The lowest BCUT2D eigenvalue weighted by molar-refractivity contribution is -0.138. The minimum absolute atomic E-state index is 0.0818. The zero-order valence-electron chi connectivity index (χ0n) is 20.9. The highest BCUT2D eigenvalue weighted by Crippen LogP contribution is 2.29. The van der Waals surface area contributed by atoms with Gasteiger partial charge in [-0.2, -0.15) is 0 Å². The molecule has 0 heterocycles. The van der Waals surface area contributed by atoms with Gasteiger partial charge >= 0.3 is 6.09 Å². The van der Waals surface area contributed by atoms with Crippen molar-refractivity contribution in [2.45, 2.75) is 51.8 Å². The van der Waals surface area contributed by atoms with Gasteiger partial charge in [0.05, 0.1) is 17.1 Å². The van der Waals surface area contributed by atoms with Gasteiger partial charge in [-0.1, -0.05) is 42.3 Å². The van der Waals surface area contributed by atoms with Crippen molar-refractivity contribution in [1.29, 1.82) is 0 Å². The summed E-state index contributed by atoms with van der Waals surface area (Å²) in [6, 6.07) is 9.66. The van der Waals surface area contributed by atoms with Crippen LogP contribution in [0.1, 0.15) is 44.4 Å². The number of carbonyl (C=O) groups is 4. The molecule has 0 spiro atoms. The first-order valence-electron chi connectivity index (χ1n) is 11.2. The van der Waals surface area contributed by atoms with E-state index in [1.165, 1.54) is 24.3 Å². The van der Waals surface area contributed by atoms with Crippen molar-refractivity contribution in [2.24, 2.45) is 5.73 Å². The van der Waals surface area contributed by atoms with Crippen LogP contribution >= 0.6 is 11.6 Å². The van der Waals surface area contributed by atoms with E-state index in [9.17, 15) is 24.3 Å². The Hall–Kier alpha value is -4.23. The fourth-order valence-electron chi connectivity index (χ4n) is 3.34. The number of nitrogens with zero attached hydrogens (tertiary/aromatic N) is 1. The summed E-state index contributed by atoms with van der Waals surface area (Å²) in [5, 5.41) is 15.0. The summed E-state index contributed by atoms with van der Waals surface area (Å²) in [6.45, 7) is 6.59. The summed E-state index contributed by atoms with van der Waals surface area (Å²) in [5.74, 6) is -2.68. The van der Waals surface area contributed by atoms with Gasteiger partial charge in [0.25, 0.3) is 11.8 Å². The lowest BCUT2D eigenvalue weighted by atomic mass is 10.0. The van der Waals surface area contributed by atoms with Crippen LogP contribution in [0.4, 0.5) is 10.5 Å². The smallest absolute Gasteiger partial charge is 0.408 e. The van der Waals surface area contributed by atoms with Gasteiger partial charge in [0.1, 0.15) is 23.4 Å². The average Bonchev–Trinajstić information content (AvgIpc) is 2.78. The number of phenols is 1. The second-order valence-electron chi connectivity index (χ2n) is 9.12. The van der Waals surface area contributed by atoms with E-state index < -0.39 is 47.9 Å². The third-order valence-electron chi connectivity index (χ3n) is 4.96. The van der Waals surface area contributed by atoms with E-state index in [-0.39, 0.29) is 16.3 Å². The van der Waals surface area contributed by atoms with Gasteiger partial charge in [-0.3, -0.25) is 19.3 Å². The Bertz CT molecular complexity index is 1200. The molecule has 11 heteroatoms. The molecule has 10 nitrogen and oxygen atoms in total. The fourth-order valence-corrected chi connectivity index (χ4v) is 3.61. The molecule has 37 heavy (non-hydrogen) atoms. The van der Waals surface area contributed by atoms with Crippen LogP contribution in [0, 0.1) is 19.4 Å². The van der Waals surface area contributed by atoms with E-state index in [0.717, 1.165) is 4.90 Å². The number of halogens is 1. The molecule has 0 bridgehead atoms. The largest absolute Gasteiger partial charge is 0.508 e. The van der Waals surface area contributed by atoms with Crippen molar-refractivity contribution >= 4 is 41.1 Å². The quantitative estimate of drug-likeness (QED) is 0.305. The molecule has 2 aromatic rings. The Morgan fingerprint density at radius 3 is 2.30 bits per heavy atom. The second-order valence-corrected chi connectivity index (χ2v) is 9.53. The Kier molecular flexibility index (Phi) is 9.52. The first-order valence-corrected chi connectivity index (χ1v) is 11.5. The number of nitrogens with one attached hydrogen (secondary N) is 2. The molecule has 0 aromatic heterocycles. The second kappa shape index (κ2) is 12.1. The maximum Gasteiger partial charge on any atom is 0.408 e. The topological polar surface area (TPSA) is 151 Å². The minimum Gasteiger partial charge on any atom is -0.508 e. The maximum absolute atomic E-state index is 13.5. The number of primary amides is 1. The number of hydrogen-bond donors (Lipinski definition) is 4. The number of aryl methyl sites for hydroxylation is 1. The monoisotopic (exact) mass is 528 g/mol. The molecule has 2 rings (SSSR count). The first-order chi connectivity index (χ1) is 17.2. The van der Waals surface area contributed by atoms with E-state index in [0.29, 0.717) is 11.3 Å². The van der Waals surface area contributed by atoms with Gasteiger partial charge in [-0.15, -0.1) is 0 Å². The number of alkyl carbamates (subject to hydrolysis) is 1. The Morgan fingerprint density at radius 1 is 1.16 bits per heavy atom. The zero-order chi connectivity index (χ0) is 27.9. The van der Waals surface area contributed by atoms with E-state index in [2.05, 4.69) is 16.7 Å². The van der Waals surface area contributed by atoms with E-state index in [1.807, 2.05) is 0 Å². The summed E-state index contributed by atoms with van der Waals surface area (Å²) >= 11 is 6.26. The Labute approximate surface area is 220 Å². The number of para-hydroxylation sites is 1. The molecular weight excluding hydrogens is 500 g/mol. The summed E-state index contributed by atoms with van der Waals surface area (Å²) in [4.78, 5) is 51.9. The summed E-state index contributed by atoms with van der Waals surface area (Å²) in [6.07, 6.45) is 4.08. The number of ether oxygens (including phenoxy) is 1. The molecular formula is C26H29ClN4O6. The van der Waals surface area contributed by atoms with Crippen molar-refractivity contribution in [3.63, 3.8) is 0 Å². The molecule has 5 N–H and O–H groups in total. The molecule has 4 amide bonds. The number of terminal acetylenes is 1. The maximum atomic E-state index is 13.5. The number of amides is 4. The van der Waals surface area contributed by atoms with E-state index in [4.69, 9.17) is 28.5 Å². The highest BCUT2D eigenvalue weighted by atomic mass is 35.5. The predicted molar refractivity (Wildman–Crippen MR) is 138 cm³/mol. The first kappa shape index (κ1) is 29.0. The van der Waals surface area contributed by atoms with Crippen molar-refractivity contribution in [3.05, 3.63) is 58.6 Å². The number of aromatic hydroxyl groups is 1. The SMILES string of the molecule is C#CN(C(=O)C(CC(N)=O)NC(=O)OC(C)(C)C)C(C(=O)Nc1c(C)cccc1Cl)c1ccc(O)cc1. The number of phenolic OH excluding ortho intramolecular Hbond substituents is 1. The molecule has 2 atom stereocenters. The van der Waals surface area contributed by atoms with Gasteiger partial charge < -0.3 is 26.2 Å². The van der Waals surface area contributed by atoms with E-state index in [1.54, 1.807) is 45.9 Å². The number of anilines is 1. The van der Waals surface area contributed by atoms with Crippen molar-refractivity contribution in [2.75, 3.05) is 5.32 Å². The van der Waals surface area contributed by atoms with E-state index >= 15 is 0 Å². The van der Waals surface area contributed by atoms with Crippen LogP contribution < -0.4 is 16.4 Å². The van der Waals surface area contributed by atoms with Crippen LogP contribution in [0.25, 0.3) is 0 Å². The third-order valence-corrected chi connectivity index (χ3v) is 5.27. The van der Waals surface area contributed by atoms with Crippen LogP contribution in [0.15, 0.2) is 42.5 Å². The standard InChI is InChI=1S/C26H29ClN4O6/c1-6-31(24(35)19(14-20(28)33)29-25(36)37-26(3,4)5)22(16-10-12-17(32)13-11-16)23(34)30-21-15(2)8-7-9-18(21)27/h1,7-13,19,22,32H,14H2,2-5H3,(H2,28,33)(H,29,36)(H,30,34). The third kappa shape index (κ3) is 8.15. The molecule has 0 radical (unpaired) electrons. The molecule has 0 saturated heterocycles. The normalized spacial score (nSPS) is 12.4. The van der Waals surface area contributed by atoms with Gasteiger partial charge in [0.15, 0.2) is 0 Å². The predicted octanol–water partition coefficient (Wildman–Crippen LogP) is 3.22. The van der Waals surface area contributed by atoms with Crippen LogP contribution in [0.5, 0.6) is 5.75 Å². The summed E-state index contributed by atoms with van der Waals surface area (Å²) < 4.78 is 5.18. The van der Waals surface area contributed by atoms with Crippen LogP contribution in [0.3, 0.4) is 0 Å². The Morgan fingerprint density at radius 2 is 1.78 bits per heavy atom. The number of benzene rings is 2. The summed E-state index contributed by atoms with van der Waals surface area (Å²) in [5.41, 5.74) is 5.61. The van der Waals surface area contributed by atoms with Crippen LogP contribution in [-0.4, -0.2) is 45.5 Å². The van der Waals surface area contributed by atoms with Gasteiger partial charge in [-0.25, -0.2) is 4.79 Å². The average molecular weight is 529 g/mol. The highest BCUT2D eigenvalue weighted by molar-refractivity contribution is 6.34. The van der Waals surface area contributed by atoms with Gasteiger partial charge in [-0.05, 0) is 57.0 Å². The van der Waals surface area contributed by atoms with Crippen LogP contribution in [-0.2, 0) is 19.1 Å². The summed E-state index contributed by atoms with van der Waals surface area (Å²) in [7, 11) is 0. The lowest BCUT2D eigenvalue weighted by Gasteiger charge is -2.30. The van der Waals surface area contributed by atoms with Gasteiger partial charge in [0.2, 0.25) is 5.91 Å². The molecule has 0 aliphatic rings. The number of rotatable bonds is 8. The Balaban J connectivity index is 2.50. The lowest BCUT2D eigenvalue weighted by Crippen LogP contribution is -2.52. The van der Waals surface area contributed by atoms with Crippen molar-refractivity contribution in [1.82, 2.24) is 10.2 Å². The van der Waals surface area contributed by atoms with Crippen molar-refractivity contribution in [3.8, 4) is 18.2 Å². The van der Waals surface area contributed by atoms with Crippen molar-refractivity contribution < 1.29 is 29.0 Å². The molecule has 0 aliphatic heterocycles. The molecule has 196 valence electrons.